The summed E-state index contributed by atoms with van der Waals surface area (Å²) in [5, 5.41) is 0. The first-order valence-corrected chi connectivity index (χ1v) is 5.42. The van der Waals surface area contributed by atoms with Crippen molar-refractivity contribution in [1.29, 1.82) is 0 Å². The smallest absolute Gasteiger partial charge is 0.0469 e. The lowest BCUT2D eigenvalue weighted by molar-refractivity contribution is 0.0523. The predicted octanol–water partition coefficient (Wildman–Crippen LogP) is 1.44. The first-order chi connectivity index (χ1) is 6.38. The summed E-state index contributed by atoms with van der Waals surface area (Å²) in [6.07, 6.45) is 6.06. The zero-order valence-electron chi connectivity index (χ0n) is 8.59. The average molecular weight is 186 g/mol. The number of nitrogens with two attached hydrogens (primary N) is 1. The first-order valence-electron chi connectivity index (χ1n) is 5.42. The van der Waals surface area contributed by atoms with E-state index in [0.29, 0.717) is 6.04 Å². The van der Waals surface area contributed by atoms with E-state index >= 15 is 0 Å². The first kappa shape index (κ1) is 11.0. The van der Waals surface area contributed by atoms with Gasteiger partial charge in [-0.05, 0) is 25.2 Å². The van der Waals surface area contributed by atoms with Gasteiger partial charge in [0.2, 0.25) is 0 Å². The topological polar surface area (TPSA) is 47.3 Å². The molecule has 78 valence electrons. The summed E-state index contributed by atoms with van der Waals surface area (Å²) in [6, 6.07) is 0.504. The standard InChI is InChI=1S/C10H22N2O/c1-2-3-4-10(12-11)9-5-7-13-8-6-9/h9-10,12H,2-8,11H2,1H3. The van der Waals surface area contributed by atoms with Gasteiger partial charge >= 0.3 is 0 Å². The molecule has 0 aromatic rings. The zero-order valence-corrected chi connectivity index (χ0v) is 8.59. The van der Waals surface area contributed by atoms with Gasteiger partial charge in [-0.25, -0.2) is 0 Å². The SMILES string of the molecule is CCCCC(NN)C1CCOCC1. The highest BCUT2D eigenvalue weighted by Crippen LogP contribution is 2.21. The molecule has 1 aliphatic heterocycles. The molecule has 0 amide bonds. The van der Waals surface area contributed by atoms with Crippen LogP contribution in [-0.2, 0) is 4.74 Å². The third kappa shape index (κ3) is 3.63. The van der Waals surface area contributed by atoms with E-state index in [0.717, 1.165) is 19.1 Å². The van der Waals surface area contributed by atoms with Crippen LogP contribution in [0.5, 0.6) is 0 Å². The second-order valence-corrected chi connectivity index (χ2v) is 3.87. The Morgan fingerprint density at radius 3 is 2.69 bits per heavy atom. The van der Waals surface area contributed by atoms with Crippen molar-refractivity contribution in [2.75, 3.05) is 13.2 Å². The maximum absolute atomic E-state index is 5.55. The molecule has 3 N–H and O–H groups in total. The Morgan fingerprint density at radius 2 is 2.15 bits per heavy atom. The fourth-order valence-electron chi connectivity index (χ4n) is 2.00. The molecule has 1 rings (SSSR count). The number of ether oxygens (including phenoxy) is 1. The highest BCUT2D eigenvalue weighted by Gasteiger charge is 2.22. The Hall–Kier alpha value is -0.120. The minimum absolute atomic E-state index is 0.504. The summed E-state index contributed by atoms with van der Waals surface area (Å²) in [4.78, 5) is 0. The lowest BCUT2D eigenvalue weighted by Crippen LogP contribution is -2.42. The molecular formula is C10H22N2O. The molecule has 3 nitrogen and oxygen atoms in total. The van der Waals surface area contributed by atoms with Crippen molar-refractivity contribution < 1.29 is 4.74 Å². The van der Waals surface area contributed by atoms with Crippen molar-refractivity contribution in [2.45, 2.75) is 45.1 Å². The predicted molar refractivity (Wildman–Crippen MR) is 54.2 cm³/mol. The monoisotopic (exact) mass is 186 g/mol. The summed E-state index contributed by atoms with van der Waals surface area (Å²) in [6.45, 7) is 4.04. The van der Waals surface area contributed by atoms with E-state index in [1.165, 1.54) is 32.1 Å². The van der Waals surface area contributed by atoms with Crippen LogP contribution < -0.4 is 11.3 Å². The maximum Gasteiger partial charge on any atom is 0.0469 e. The van der Waals surface area contributed by atoms with Gasteiger partial charge in [0.05, 0.1) is 0 Å². The molecule has 0 bridgehead atoms. The highest BCUT2D eigenvalue weighted by atomic mass is 16.5. The van der Waals surface area contributed by atoms with Gasteiger partial charge in [0.25, 0.3) is 0 Å². The molecule has 13 heavy (non-hydrogen) atoms. The average Bonchev–Trinajstić information content (AvgIpc) is 2.21. The van der Waals surface area contributed by atoms with Crippen LogP contribution in [-0.4, -0.2) is 19.3 Å². The minimum atomic E-state index is 0.504. The fourth-order valence-corrected chi connectivity index (χ4v) is 2.00. The van der Waals surface area contributed by atoms with E-state index in [1.54, 1.807) is 0 Å². The van der Waals surface area contributed by atoms with Gasteiger partial charge in [0, 0.05) is 19.3 Å². The third-order valence-electron chi connectivity index (χ3n) is 2.92. The second kappa shape index (κ2) is 6.35. The summed E-state index contributed by atoms with van der Waals surface area (Å²) in [5.74, 6) is 6.28. The molecule has 1 saturated heterocycles. The largest absolute Gasteiger partial charge is 0.381 e. The molecule has 0 saturated carbocycles. The van der Waals surface area contributed by atoms with Crippen molar-refractivity contribution >= 4 is 0 Å². The van der Waals surface area contributed by atoms with Gasteiger partial charge in [0.15, 0.2) is 0 Å². The van der Waals surface area contributed by atoms with Crippen LogP contribution in [0.1, 0.15) is 39.0 Å². The van der Waals surface area contributed by atoms with E-state index in [-0.39, 0.29) is 0 Å². The van der Waals surface area contributed by atoms with Crippen LogP contribution in [0.25, 0.3) is 0 Å². The van der Waals surface area contributed by atoms with Gasteiger partial charge in [0.1, 0.15) is 0 Å². The van der Waals surface area contributed by atoms with Crippen molar-refractivity contribution in [2.24, 2.45) is 11.8 Å². The number of hydrogen-bond donors (Lipinski definition) is 2. The van der Waals surface area contributed by atoms with Gasteiger partial charge in [-0.2, -0.15) is 0 Å². The Labute approximate surface area is 81.0 Å². The highest BCUT2D eigenvalue weighted by molar-refractivity contribution is 4.76. The molecule has 0 aliphatic carbocycles. The van der Waals surface area contributed by atoms with E-state index < -0.39 is 0 Å². The number of hydrogen-bond acceptors (Lipinski definition) is 3. The number of unbranched alkanes of at least 4 members (excludes halogenated alkanes) is 1. The second-order valence-electron chi connectivity index (χ2n) is 3.87. The van der Waals surface area contributed by atoms with Crippen LogP contribution in [0, 0.1) is 5.92 Å². The van der Waals surface area contributed by atoms with Gasteiger partial charge < -0.3 is 4.74 Å². The van der Waals surface area contributed by atoms with E-state index in [4.69, 9.17) is 10.6 Å². The zero-order chi connectivity index (χ0) is 9.52. The number of nitrogens with one attached hydrogen (secondary N) is 1. The van der Waals surface area contributed by atoms with E-state index in [1.807, 2.05) is 0 Å². The Balaban J connectivity index is 2.26. The summed E-state index contributed by atoms with van der Waals surface area (Å²) in [5.41, 5.74) is 2.95. The molecule has 1 heterocycles. The molecule has 0 spiro atoms. The quantitative estimate of drug-likeness (QED) is 0.504. The van der Waals surface area contributed by atoms with Crippen molar-refractivity contribution in [3.05, 3.63) is 0 Å². The summed E-state index contributed by atoms with van der Waals surface area (Å²) >= 11 is 0. The molecular weight excluding hydrogens is 164 g/mol. The molecule has 1 unspecified atom stereocenters. The lowest BCUT2D eigenvalue weighted by Gasteiger charge is -2.29. The Kier molecular flexibility index (Phi) is 5.35. The van der Waals surface area contributed by atoms with Gasteiger partial charge in [-0.3, -0.25) is 11.3 Å². The summed E-state index contributed by atoms with van der Waals surface area (Å²) in [7, 11) is 0. The molecule has 0 aromatic heterocycles. The molecule has 1 fully saturated rings. The van der Waals surface area contributed by atoms with Gasteiger partial charge in [-0.1, -0.05) is 19.8 Å². The minimum Gasteiger partial charge on any atom is -0.381 e. The molecule has 0 radical (unpaired) electrons. The van der Waals surface area contributed by atoms with Crippen LogP contribution in [0.15, 0.2) is 0 Å². The van der Waals surface area contributed by atoms with Crippen LogP contribution in [0.4, 0.5) is 0 Å². The maximum atomic E-state index is 5.55. The van der Waals surface area contributed by atoms with Crippen molar-refractivity contribution in [3.8, 4) is 0 Å². The fraction of sp³-hybridized carbons (Fsp3) is 1.00. The van der Waals surface area contributed by atoms with Crippen molar-refractivity contribution in [3.63, 3.8) is 0 Å². The van der Waals surface area contributed by atoms with E-state index in [2.05, 4.69) is 12.3 Å². The normalized spacial score (nSPS) is 21.7. The van der Waals surface area contributed by atoms with Crippen LogP contribution in [0.3, 0.4) is 0 Å². The molecule has 1 aliphatic rings. The number of hydrazine groups is 1. The molecule has 1 atom stereocenters. The number of rotatable bonds is 5. The summed E-state index contributed by atoms with van der Waals surface area (Å²) < 4.78 is 5.33. The third-order valence-corrected chi connectivity index (χ3v) is 2.92. The Morgan fingerprint density at radius 1 is 1.46 bits per heavy atom. The lowest BCUT2D eigenvalue weighted by atomic mass is 9.89. The van der Waals surface area contributed by atoms with Crippen molar-refractivity contribution in [1.82, 2.24) is 5.43 Å². The van der Waals surface area contributed by atoms with Gasteiger partial charge in [-0.15, -0.1) is 0 Å². The van der Waals surface area contributed by atoms with Crippen LogP contribution in [0.2, 0.25) is 0 Å². The molecule has 3 heteroatoms. The molecule has 0 aromatic carbocycles. The van der Waals surface area contributed by atoms with E-state index in [9.17, 15) is 0 Å². The van der Waals surface area contributed by atoms with Crippen LogP contribution >= 0.6 is 0 Å². The Bertz CT molecular complexity index is 124.